The summed E-state index contributed by atoms with van der Waals surface area (Å²) in [5, 5.41) is 13.7. The molecule has 2 amide bonds. The van der Waals surface area contributed by atoms with Gasteiger partial charge < -0.3 is 15.3 Å². The standard InChI is InChI=1S/C28H26ClF3N4O3/c1-15-4-6-20-23(9-15)36(27(38)28(20,39)24-7-5-18(30)13-34-24)14-17-10-19(25(31)32)22(11-21(17)29)35-26(37)16-3-2-8-33-12-16/h2-9,12-13,17,19,21-22,25,39H,10-11,14H2,1H3,(H,35,37)/t17-,19-,21-,22-,28-/m1/s1. The van der Waals surface area contributed by atoms with Gasteiger partial charge in [-0.2, -0.15) is 0 Å². The lowest BCUT2D eigenvalue weighted by Gasteiger charge is -2.40. The Morgan fingerprint density at radius 3 is 2.69 bits per heavy atom. The fraction of sp³-hybridized carbons (Fsp3) is 0.357. The normalized spacial score (nSPS) is 26.5. The summed E-state index contributed by atoms with van der Waals surface area (Å²) in [5.41, 5.74) is -0.463. The highest BCUT2D eigenvalue weighted by molar-refractivity contribution is 6.21. The molecular formula is C28H26ClF3N4O3. The Bertz CT molecular complexity index is 1380. The van der Waals surface area contributed by atoms with Gasteiger partial charge in [-0.25, -0.2) is 13.2 Å². The maximum absolute atomic E-state index is 14.2. The number of aromatic nitrogens is 2. The van der Waals surface area contributed by atoms with Gasteiger partial charge in [0.05, 0.1) is 23.1 Å². The number of anilines is 1. The molecule has 3 aromatic rings. The zero-order chi connectivity index (χ0) is 27.9. The summed E-state index contributed by atoms with van der Waals surface area (Å²) >= 11 is 6.70. The van der Waals surface area contributed by atoms with Gasteiger partial charge in [-0.1, -0.05) is 12.1 Å². The second kappa shape index (κ2) is 10.6. The van der Waals surface area contributed by atoms with Crippen LogP contribution in [0, 0.1) is 24.6 Å². The average Bonchev–Trinajstić information content (AvgIpc) is 3.12. The Labute approximate surface area is 228 Å². The Hall–Kier alpha value is -3.50. The SMILES string of the molecule is Cc1ccc2c(c1)N(C[C@H]1C[C@@H](C(F)F)[C@H](NC(=O)c3cccnc3)C[C@H]1Cl)C(=O)[C@]2(O)c1ccc(F)cn1. The average molecular weight is 559 g/mol. The predicted octanol–water partition coefficient (Wildman–Crippen LogP) is 4.20. The molecule has 2 aromatic heterocycles. The number of aliphatic hydroxyl groups is 1. The molecule has 11 heteroatoms. The number of rotatable bonds is 6. The van der Waals surface area contributed by atoms with Crippen molar-refractivity contribution in [3.63, 3.8) is 0 Å². The number of pyridine rings is 2. The number of amides is 2. The highest BCUT2D eigenvalue weighted by Crippen LogP contribution is 2.46. The lowest BCUT2D eigenvalue weighted by atomic mass is 9.77. The van der Waals surface area contributed by atoms with Crippen molar-refractivity contribution in [3.8, 4) is 0 Å². The van der Waals surface area contributed by atoms with Crippen LogP contribution in [0.1, 0.15) is 40.0 Å². The lowest BCUT2D eigenvalue weighted by Crippen LogP contribution is -2.52. The van der Waals surface area contributed by atoms with E-state index in [0.29, 0.717) is 5.69 Å². The van der Waals surface area contributed by atoms with Gasteiger partial charge >= 0.3 is 0 Å². The van der Waals surface area contributed by atoms with Crippen molar-refractivity contribution in [2.45, 2.75) is 43.2 Å². The monoisotopic (exact) mass is 558 g/mol. The third-order valence-corrected chi connectivity index (χ3v) is 8.08. The summed E-state index contributed by atoms with van der Waals surface area (Å²) in [7, 11) is 0. The molecule has 204 valence electrons. The number of benzene rings is 1. The number of nitrogens with one attached hydrogen (secondary N) is 1. The Kier molecular flexibility index (Phi) is 7.35. The molecule has 2 N–H and O–H groups in total. The second-order valence-electron chi connectivity index (χ2n) is 10.1. The molecule has 1 aliphatic heterocycles. The largest absolute Gasteiger partial charge is 0.370 e. The molecule has 0 spiro atoms. The molecule has 7 nitrogen and oxygen atoms in total. The first-order valence-corrected chi connectivity index (χ1v) is 12.9. The summed E-state index contributed by atoms with van der Waals surface area (Å²) in [6.45, 7) is 1.79. The van der Waals surface area contributed by atoms with Gasteiger partial charge in [-0.05, 0) is 61.6 Å². The first-order chi connectivity index (χ1) is 18.6. The molecule has 1 aromatic carbocycles. The number of fused-ring (bicyclic) bond motifs is 1. The van der Waals surface area contributed by atoms with Crippen LogP contribution >= 0.6 is 11.6 Å². The summed E-state index contributed by atoms with van der Waals surface area (Å²) in [6, 6.07) is 9.66. The minimum Gasteiger partial charge on any atom is -0.370 e. The molecule has 2 aliphatic rings. The van der Waals surface area contributed by atoms with Crippen LogP contribution in [0.15, 0.2) is 61.1 Å². The van der Waals surface area contributed by atoms with Crippen LogP contribution in [0.5, 0.6) is 0 Å². The zero-order valence-corrected chi connectivity index (χ0v) is 21.7. The molecule has 0 radical (unpaired) electrons. The molecule has 0 saturated heterocycles. The van der Waals surface area contributed by atoms with E-state index in [1.165, 1.54) is 23.4 Å². The highest BCUT2D eigenvalue weighted by Gasteiger charge is 2.53. The smallest absolute Gasteiger partial charge is 0.270 e. The van der Waals surface area contributed by atoms with Crippen molar-refractivity contribution in [3.05, 3.63) is 89.3 Å². The third kappa shape index (κ3) is 4.98. The number of halogens is 4. The fourth-order valence-electron chi connectivity index (χ4n) is 5.50. The first-order valence-electron chi connectivity index (χ1n) is 12.5. The van der Waals surface area contributed by atoms with Crippen LogP contribution in [0.25, 0.3) is 0 Å². The van der Waals surface area contributed by atoms with Crippen LogP contribution in [-0.4, -0.2) is 51.3 Å². The molecule has 3 heterocycles. The number of carbonyl (C=O) groups is 2. The van der Waals surface area contributed by atoms with Crippen molar-refractivity contribution in [2.24, 2.45) is 11.8 Å². The number of hydrogen-bond acceptors (Lipinski definition) is 5. The van der Waals surface area contributed by atoms with E-state index in [4.69, 9.17) is 11.6 Å². The van der Waals surface area contributed by atoms with Crippen molar-refractivity contribution < 1.29 is 27.9 Å². The quantitative estimate of drug-likeness (QED) is 0.442. The van der Waals surface area contributed by atoms with Crippen LogP contribution in [0.3, 0.4) is 0 Å². The fourth-order valence-corrected chi connectivity index (χ4v) is 5.87. The topological polar surface area (TPSA) is 95.4 Å². The van der Waals surface area contributed by atoms with Gasteiger partial charge in [0.15, 0.2) is 0 Å². The van der Waals surface area contributed by atoms with E-state index in [0.717, 1.165) is 17.8 Å². The molecule has 1 aliphatic carbocycles. The molecule has 5 rings (SSSR count). The van der Waals surface area contributed by atoms with Crippen molar-refractivity contribution in [1.82, 2.24) is 15.3 Å². The molecule has 5 atom stereocenters. The predicted molar refractivity (Wildman–Crippen MR) is 138 cm³/mol. The van der Waals surface area contributed by atoms with E-state index in [1.54, 1.807) is 30.3 Å². The Balaban J connectivity index is 1.40. The third-order valence-electron chi connectivity index (χ3n) is 7.55. The summed E-state index contributed by atoms with van der Waals surface area (Å²) in [4.78, 5) is 35.6. The molecule has 0 bridgehead atoms. The maximum Gasteiger partial charge on any atom is 0.270 e. The van der Waals surface area contributed by atoms with E-state index in [2.05, 4.69) is 15.3 Å². The second-order valence-corrected chi connectivity index (χ2v) is 10.6. The van der Waals surface area contributed by atoms with Crippen molar-refractivity contribution >= 4 is 29.1 Å². The molecule has 1 fully saturated rings. The van der Waals surface area contributed by atoms with E-state index in [1.807, 2.05) is 6.92 Å². The zero-order valence-electron chi connectivity index (χ0n) is 20.9. The number of aryl methyl sites for hydroxylation is 1. The molecule has 0 unspecified atom stereocenters. The van der Waals surface area contributed by atoms with Crippen LogP contribution in [0.2, 0.25) is 0 Å². The molecular weight excluding hydrogens is 533 g/mol. The van der Waals surface area contributed by atoms with Crippen molar-refractivity contribution in [1.29, 1.82) is 0 Å². The number of carbonyl (C=O) groups excluding carboxylic acids is 2. The number of alkyl halides is 3. The summed E-state index contributed by atoms with van der Waals surface area (Å²) in [5.74, 6) is -3.61. The van der Waals surface area contributed by atoms with Gasteiger partial charge in [0, 0.05) is 41.8 Å². The number of hydrogen-bond donors (Lipinski definition) is 2. The minimum absolute atomic E-state index is 0.0283. The van der Waals surface area contributed by atoms with Crippen molar-refractivity contribution in [2.75, 3.05) is 11.4 Å². The van der Waals surface area contributed by atoms with Crippen LogP contribution < -0.4 is 10.2 Å². The molecule has 1 saturated carbocycles. The molecule has 39 heavy (non-hydrogen) atoms. The van der Waals surface area contributed by atoms with Crippen LogP contribution in [0.4, 0.5) is 18.9 Å². The maximum atomic E-state index is 14.2. The number of nitrogens with zero attached hydrogens (tertiary/aromatic N) is 3. The van der Waals surface area contributed by atoms with Gasteiger partial charge in [0.25, 0.3) is 11.8 Å². The first kappa shape index (κ1) is 27.1. The van der Waals surface area contributed by atoms with Gasteiger partial charge in [-0.15, -0.1) is 11.6 Å². The van der Waals surface area contributed by atoms with E-state index in [-0.39, 0.29) is 36.2 Å². The van der Waals surface area contributed by atoms with Gasteiger partial charge in [-0.3, -0.25) is 19.6 Å². The Morgan fingerprint density at radius 2 is 2.03 bits per heavy atom. The lowest BCUT2D eigenvalue weighted by molar-refractivity contribution is -0.132. The summed E-state index contributed by atoms with van der Waals surface area (Å²) in [6.07, 6.45) is 1.05. The minimum atomic E-state index is -2.74. The van der Waals surface area contributed by atoms with E-state index < -0.39 is 52.9 Å². The van der Waals surface area contributed by atoms with E-state index in [9.17, 15) is 27.9 Å². The Morgan fingerprint density at radius 1 is 1.23 bits per heavy atom. The van der Waals surface area contributed by atoms with E-state index >= 15 is 0 Å². The van der Waals surface area contributed by atoms with Gasteiger partial charge in [0.1, 0.15) is 5.82 Å². The highest BCUT2D eigenvalue weighted by atomic mass is 35.5. The van der Waals surface area contributed by atoms with Crippen LogP contribution in [-0.2, 0) is 10.4 Å². The summed E-state index contributed by atoms with van der Waals surface area (Å²) < 4.78 is 42.0. The van der Waals surface area contributed by atoms with Gasteiger partial charge in [0.2, 0.25) is 12.0 Å².